The van der Waals surface area contributed by atoms with E-state index in [9.17, 15) is 9.18 Å². The molecule has 1 heterocycles. The fraction of sp³-hybridized carbons (Fsp3) is 0.286. The van der Waals surface area contributed by atoms with Crippen LogP contribution in [0.4, 0.5) is 4.39 Å². The first-order chi connectivity index (χ1) is 9.61. The highest BCUT2D eigenvalue weighted by Gasteiger charge is 2.13. The second-order valence-corrected chi connectivity index (χ2v) is 4.48. The summed E-state index contributed by atoms with van der Waals surface area (Å²) in [6.45, 7) is 1.80. The molecule has 0 aliphatic rings. The number of aromatic nitrogens is 2. The summed E-state index contributed by atoms with van der Waals surface area (Å²) < 4.78 is 14.9. The molecule has 6 heteroatoms. The summed E-state index contributed by atoms with van der Waals surface area (Å²) in [5.74, 6) is -0.753. The Labute approximate surface area is 116 Å². The number of rotatable bonds is 5. The molecule has 0 aliphatic heterocycles. The molecule has 1 atom stereocenters. The van der Waals surface area contributed by atoms with E-state index in [1.165, 1.54) is 23.0 Å². The van der Waals surface area contributed by atoms with Crippen LogP contribution in [0, 0.1) is 5.82 Å². The molecule has 2 N–H and O–H groups in total. The lowest BCUT2D eigenvalue weighted by atomic mass is 10.2. The van der Waals surface area contributed by atoms with E-state index in [2.05, 4.69) is 10.4 Å². The van der Waals surface area contributed by atoms with Crippen LogP contribution in [0.25, 0.3) is 5.69 Å². The maximum atomic E-state index is 13.6. The zero-order chi connectivity index (χ0) is 14.5. The minimum atomic E-state index is -0.406. The summed E-state index contributed by atoms with van der Waals surface area (Å²) in [5.41, 5.74) is 0.494. The first-order valence-electron chi connectivity index (χ1n) is 6.34. The monoisotopic (exact) mass is 277 g/mol. The minimum absolute atomic E-state index is 0.00507. The zero-order valence-electron chi connectivity index (χ0n) is 11.1. The molecule has 0 spiro atoms. The van der Waals surface area contributed by atoms with Gasteiger partial charge in [-0.2, -0.15) is 5.10 Å². The third kappa shape index (κ3) is 3.21. The normalized spacial score (nSPS) is 12.2. The summed E-state index contributed by atoms with van der Waals surface area (Å²) in [7, 11) is 0. The first-order valence-corrected chi connectivity index (χ1v) is 6.34. The molecule has 0 aliphatic carbocycles. The Morgan fingerprint density at radius 3 is 2.90 bits per heavy atom. The Hall–Kier alpha value is -2.21. The molecule has 5 nitrogen and oxygen atoms in total. The maximum Gasteiger partial charge on any atom is 0.271 e. The SMILES string of the molecule is CC(CCO)NC(=O)c1ccn(-c2ccccc2F)n1. The lowest BCUT2D eigenvalue weighted by Gasteiger charge is -2.10. The first kappa shape index (κ1) is 14.2. The molecular formula is C14H16FN3O2. The number of aliphatic hydroxyl groups is 1. The van der Waals surface area contributed by atoms with Crippen molar-refractivity contribution in [1.82, 2.24) is 15.1 Å². The Balaban J connectivity index is 2.13. The maximum absolute atomic E-state index is 13.6. The Morgan fingerprint density at radius 2 is 2.20 bits per heavy atom. The van der Waals surface area contributed by atoms with E-state index in [1.807, 2.05) is 0 Å². The molecule has 1 aromatic carbocycles. The molecule has 2 rings (SSSR count). The Bertz CT molecular complexity index is 598. The molecule has 1 aromatic heterocycles. The Morgan fingerprint density at radius 1 is 1.45 bits per heavy atom. The van der Waals surface area contributed by atoms with Gasteiger partial charge in [-0.05, 0) is 31.5 Å². The quantitative estimate of drug-likeness (QED) is 0.870. The molecular weight excluding hydrogens is 261 g/mol. The molecule has 2 aromatic rings. The van der Waals surface area contributed by atoms with Gasteiger partial charge in [0.2, 0.25) is 0 Å². The summed E-state index contributed by atoms with van der Waals surface area (Å²) in [6.07, 6.45) is 2.00. The Kier molecular flexibility index (Phi) is 4.47. The molecule has 0 radical (unpaired) electrons. The van der Waals surface area contributed by atoms with Crippen LogP contribution in [0.15, 0.2) is 36.5 Å². The predicted molar refractivity (Wildman–Crippen MR) is 72.2 cm³/mol. The standard InChI is InChI=1S/C14H16FN3O2/c1-10(7-9-19)16-14(20)12-6-8-18(17-12)13-5-3-2-4-11(13)15/h2-6,8,10,19H,7,9H2,1H3,(H,16,20). The number of hydrogen-bond acceptors (Lipinski definition) is 3. The number of carbonyl (C=O) groups excluding carboxylic acids is 1. The molecule has 106 valence electrons. The van der Waals surface area contributed by atoms with Crippen LogP contribution in [-0.2, 0) is 0 Å². The van der Waals surface area contributed by atoms with Gasteiger partial charge in [0.05, 0.1) is 0 Å². The summed E-state index contributed by atoms with van der Waals surface area (Å²) in [6, 6.07) is 7.58. The number of nitrogens with one attached hydrogen (secondary N) is 1. The molecule has 0 bridgehead atoms. The van der Waals surface area contributed by atoms with Crippen molar-refractivity contribution in [3.63, 3.8) is 0 Å². The van der Waals surface area contributed by atoms with Gasteiger partial charge < -0.3 is 10.4 Å². The van der Waals surface area contributed by atoms with Crippen molar-refractivity contribution in [1.29, 1.82) is 0 Å². The van der Waals surface area contributed by atoms with E-state index in [0.29, 0.717) is 6.42 Å². The number of halogens is 1. The highest BCUT2D eigenvalue weighted by molar-refractivity contribution is 5.92. The van der Waals surface area contributed by atoms with Crippen LogP contribution < -0.4 is 5.32 Å². The second-order valence-electron chi connectivity index (χ2n) is 4.48. The van der Waals surface area contributed by atoms with Gasteiger partial charge in [0.15, 0.2) is 5.69 Å². The molecule has 20 heavy (non-hydrogen) atoms. The van der Waals surface area contributed by atoms with Gasteiger partial charge >= 0.3 is 0 Å². The topological polar surface area (TPSA) is 67.2 Å². The van der Waals surface area contributed by atoms with Crippen LogP contribution >= 0.6 is 0 Å². The number of benzene rings is 1. The number of carbonyl (C=O) groups is 1. The smallest absolute Gasteiger partial charge is 0.271 e. The fourth-order valence-electron chi connectivity index (χ4n) is 1.78. The van der Waals surface area contributed by atoms with Crippen LogP contribution in [-0.4, -0.2) is 33.4 Å². The summed E-state index contributed by atoms with van der Waals surface area (Å²) in [4.78, 5) is 11.9. The fourth-order valence-corrected chi connectivity index (χ4v) is 1.78. The van der Waals surface area contributed by atoms with Crippen molar-refractivity contribution in [2.75, 3.05) is 6.61 Å². The van der Waals surface area contributed by atoms with Crippen molar-refractivity contribution in [3.8, 4) is 5.69 Å². The van der Waals surface area contributed by atoms with Crippen molar-refractivity contribution in [2.45, 2.75) is 19.4 Å². The van der Waals surface area contributed by atoms with E-state index >= 15 is 0 Å². The van der Waals surface area contributed by atoms with Gasteiger partial charge in [0.25, 0.3) is 5.91 Å². The molecule has 1 unspecified atom stereocenters. The van der Waals surface area contributed by atoms with Crippen LogP contribution in [0.5, 0.6) is 0 Å². The molecule has 0 saturated heterocycles. The predicted octanol–water partition coefficient (Wildman–Crippen LogP) is 1.51. The lowest BCUT2D eigenvalue weighted by Crippen LogP contribution is -2.33. The minimum Gasteiger partial charge on any atom is -0.396 e. The van der Waals surface area contributed by atoms with E-state index in [1.54, 1.807) is 25.1 Å². The van der Waals surface area contributed by atoms with Gasteiger partial charge in [0, 0.05) is 18.8 Å². The van der Waals surface area contributed by atoms with Crippen LogP contribution in [0.2, 0.25) is 0 Å². The largest absolute Gasteiger partial charge is 0.396 e. The third-order valence-corrected chi connectivity index (χ3v) is 2.86. The molecule has 1 amide bonds. The number of hydrogen-bond donors (Lipinski definition) is 2. The lowest BCUT2D eigenvalue weighted by molar-refractivity contribution is 0.0929. The van der Waals surface area contributed by atoms with Crippen LogP contribution in [0.1, 0.15) is 23.8 Å². The van der Waals surface area contributed by atoms with Gasteiger partial charge in [-0.3, -0.25) is 4.79 Å². The highest BCUT2D eigenvalue weighted by atomic mass is 19.1. The van der Waals surface area contributed by atoms with E-state index in [0.717, 1.165) is 0 Å². The number of para-hydroxylation sites is 1. The number of nitrogens with zero attached hydrogens (tertiary/aromatic N) is 2. The van der Waals surface area contributed by atoms with Crippen molar-refractivity contribution >= 4 is 5.91 Å². The van der Waals surface area contributed by atoms with E-state index in [-0.39, 0.29) is 29.9 Å². The average molecular weight is 277 g/mol. The third-order valence-electron chi connectivity index (χ3n) is 2.86. The molecule has 0 fully saturated rings. The van der Waals surface area contributed by atoms with Gasteiger partial charge in [0.1, 0.15) is 11.5 Å². The number of amides is 1. The van der Waals surface area contributed by atoms with Crippen LogP contribution in [0.3, 0.4) is 0 Å². The van der Waals surface area contributed by atoms with E-state index < -0.39 is 5.82 Å². The van der Waals surface area contributed by atoms with Gasteiger partial charge in [-0.1, -0.05) is 12.1 Å². The van der Waals surface area contributed by atoms with Crippen molar-refractivity contribution in [2.24, 2.45) is 0 Å². The second kappa shape index (κ2) is 6.29. The summed E-state index contributed by atoms with van der Waals surface area (Å²) >= 11 is 0. The van der Waals surface area contributed by atoms with Crippen molar-refractivity contribution in [3.05, 3.63) is 48.0 Å². The molecule has 0 saturated carbocycles. The highest BCUT2D eigenvalue weighted by Crippen LogP contribution is 2.12. The number of aliphatic hydroxyl groups excluding tert-OH is 1. The summed E-state index contributed by atoms with van der Waals surface area (Å²) in [5, 5.41) is 15.6. The zero-order valence-corrected chi connectivity index (χ0v) is 11.1. The van der Waals surface area contributed by atoms with Gasteiger partial charge in [-0.15, -0.1) is 0 Å². The van der Waals surface area contributed by atoms with Gasteiger partial charge in [-0.25, -0.2) is 9.07 Å². The van der Waals surface area contributed by atoms with Crippen molar-refractivity contribution < 1.29 is 14.3 Å². The average Bonchev–Trinajstić information content (AvgIpc) is 2.89. The van der Waals surface area contributed by atoms with E-state index in [4.69, 9.17) is 5.11 Å².